The van der Waals surface area contributed by atoms with Gasteiger partial charge in [-0.15, -0.1) is 11.3 Å². The third-order valence-electron chi connectivity index (χ3n) is 6.80. The number of nitrogens with zero attached hydrogens (tertiary/aromatic N) is 2. The first-order valence-corrected chi connectivity index (χ1v) is 11.9. The minimum atomic E-state index is -0.858. The zero-order chi connectivity index (χ0) is 20.8. The van der Waals surface area contributed by atoms with E-state index < -0.39 is 5.54 Å². The van der Waals surface area contributed by atoms with Gasteiger partial charge in [0.05, 0.1) is 16.8 Å². The van der Waals surface area contributed by atoms with Crippen LogP contribution in [-0.4, -0.2) is 39.4 Å². The summed E-state index contributed by atoms with van der Waals surface area (Å²) in [5.74, 6) is 0.723. The quantitative estimate of drug-likeness (QED) is 0.777. The third kappa shape index (κ3) is 3.49. The van der Waals surface area contributed by atoms with Crippen LogP contribution >= 0.6 is 11.3 Å². The fraction of sp³-hybridized carbons (Fsp3) is 0.652. The van der Waals surface area contributed by atoms with E-state index in [1.165, 1.54) is 4.88 Å². The lowest BCUT2D eigenvalue weighted by Crippen LogP contribution is -2.65. The molecule has 0 unspecified atom stereocenters. The zero-order valence-electron chi connectivity index (χ0n) is 18.1. The average molecular weight is 416 g/mol. The van der Waals surface area contributed by atoms with Gasteiger partial charge in [0.2, 0.25) is 5.91 Å². The van der Waals surface area contributed by atoms with E-state index in [4.69, 9.17) is 0 Å². The van der Waals surface area contributed by atoms with E-state index in [0.717, 1.165) is 60.4 Å². The molecule has 6 heteroatoms. The zero-order valence-corrected chi connectivity index (χ0v) is 18.9. The molecule has 0 radical (unpaired) electrons. The number of carbonyl (C=O) groups excluding carboxylic acids is 2. The highest BCUT2D eigenvalue weighted by molar-refractivity contribution is 7.19. The van der Waals surface area contributed by atoms with Gasteiger partial charge < -0.3 is 14.8 Å². The van der Waals surface area contributed by atoms with Crippen molar-refractivity contribution in [2.75, 3.05) is 6.54 Å². The number of carbonyl (C=O) groups is 2. The van der Waals surface area contributed by atoms with Crippen molar-refractivity contribution in [3.8, 4) is 0 Å². The molecule has 0 aromatic carbocycles. The van der Waals surface area contributed by atoms with Crippen molar-refractivity contribution in [3.63, 3.8) is 0 Å². The summed E-state index contributed by atoms with van der Waals surface area (Å²) in [5, 5.41) is 3.30. The minimum absolute atomic E-state index is 0.00250. The fourth-order valence-electron chi connectivity index (χ4n) is 4.88. The summed E-state index contributed by atoms with van der Waals surface area (Å²) in [6.07, 6.45) is 6.22. The Labute approximate surface area is 177 Å². The SMILES string of the molecule is CCCN1C(=O)c2cc3sc(CC)cc3n2C[C@]1(C)C(=O)NC1CCC(C)CC1. The molecule has 1 aliphatic carbocycles. The average Bonchev–Trinajstić information content (AvgIpc) is 3.25. The second-order valence-electron chi connectivity index (χ2n) is 9.09. The molecule has 4 rings (SSSR count). The maximum atomic E-state index is 13.5. The Morgan fingerprint density at radius 3 is 2.62 bits per heavy atom. The molecule has 0 saturated heterocycles. The summed E-state index contributed by atoms with van der Waals surface area (Å²) in [4.78, 5) is 30.1. The van der Waals surface area contributed by atoms with Crippen molar-refractivity contribution in [2.45, 2.75) is 84.3 Å². The molecular weight excluding hydrogens is 382 g/mol. The normalized spacial score (nSPS) is 27.3. The molecule has 0 bridgehead atoms. The highest BCUT2D eigenvalue weighted by atomic mass is 32.1. The molecule has 1 atom stereocenters. The van der Waals surface area contributed by atoms with Crippen LogP contribution in [0.1, 0.15) is 75.2 Å². The van der Waals surface area contributed by atoms with Crippen LogP contribution in [0.3, 0.4) is 0 Å². The third-order valence-corrected chi connectivity index (χ3v) is 8.02. The summed E-state index contributed by atoms with van der Waals surface area (Å²) in [6.45, 7) is 9.57. The second kappa shape index (κ2) is 7.78. The van der Waals surface area contributed by atoms with Crippen LogP contribution in [0, 0.1) is 5.92 Å². The Kier molecular flexibility index (Phi) is 5.49. The Bertz CT molecular complexity index is 922. The first-order chi connectivity index (χ1) is 13.9. The number of hydrogen-bond acceptors (Lipinski definition) is 3. The minimum Gasteiger partial charge on any atom is -0.351 e. The molecule has 3 heterocycles. The van der Waals surface area contributed by atoms with E-state index >= 15 is 0 Å². The molecule has 2 aromatic rings. The van der Waals surface area contributed by atoms with Gasteiger partial charge in [0.15, 0.2) is 0 Å². The van der Waals surface area contributed by atoms with Crippen LogP contribution in [-0.2, 0) is 17.8 Å². The number of amides is 2. The van der Waals surface area contributed by atoms with Crippen LogP contribution in [0.2, 0.25) is 0 Å². The smallest absolute Gasteiger partial charge is 0.271 e. The molecule has 158 valence electrons. The van der Waals surface area contributed by atoms with Gasteiger partial charge in [-0.2, -0.15) is 0 Å². The second-order valence-corrected chi connectivity index (χ2v) is 10.3. The van der Waals surface area contributed by atoms with Crippen LogP contribution in [0.15, 0.2) is 12.1 Å². The highest BCUT2D eigenvalue weighted by Gasteiger charge is 2.48. The van der Waals surface area contributed by atoms with Crippen LogP contribution in [0.25, 0.3) is 10.2 Å². The largest absolute Gasteiger partial charge is 0.351 e. The molecule has 1 fully saturated rings. The van der Waals surface area contributed by atoms with Gasteiger partial charge in [0.1, 0.15) is 11.2 Å². The summed E-state index contributed by atoms with van der Waals surface area (Å²) in [5.41, 5.74) is 0.958. The number of fused-ring (bicyclic) bond motifs is 3. The van der Waals surface area contributed by atoms with Gasteiger partial charge in [-0.25, -0.2) is 0 Å². The standard InChI is InChI=1S/C23H33N3O2S/c1-5-11-26-21(27)19-13-20-18(12-17(6-2)29-20)25(19)14-23(26,4)22(28)24-16-9-7-15(3)8-10-16/h12-13,15-16H,5-11,14H2,1-4H3,(H,24,28)/t15?,16?,23-/m1/s1. The van der Waals surface area contributed by atoms with Gasteiger partial charge in [-0.3, -0.25) is 9.59 Å². The van der Waals surface area contributed by atoms with E-state index in [1.807, 2.05) is 17.9 Å². The monoisotopic (exact) mass is 415 g/mol. The van der Waals surface area contributed by atoms with E-state index in [1.54, 1.807) is 11.3 Å². The molecule has 2 amide bonds. The van der Waals surface area contributed by atoms with Crippen LogP contribution in [0.4, 0.5) is 0 Å². The van der Waals surface area contributed by atoms with E-state index in [2.05, 4.69) is 36.7 Å². The van der Waals surface area contributed by atoms with Gasteiger partial charge in [0.25, 0.3) is 5.91 Å². The highest BCUT2D eigenvalue weighted by Crippen LogP contribution is 2.36. The van der Waals surface area contributed by atoms with Crippen molar-refractivity contribution in [3.05, 3.63) is 22.7 Å². The molecule has 1 saturated carbocycles. The predicted octanol–water partition coefficient (Wildman–Crippen LogP) is 4.58. The Hall–Kier alpha value is -1.82. The van der Waals surface area contributed by atoms with Crippen LogP contribution in [0.5, 0.6) is 0 Å². The molecule has 2 aromatic heterocycles. The summed E-state index contributed by atoms with van der Waals surface area (Å²) < 4.78 is 3.23. The molecule has 2 aliphatic rings. The van der Waals surface area contributed by atoms with Gasteiger partial charge >= 0.3 is 0 Å². The number of hydrogen-bond donors (Lipinski definition) is 1. The number of nitrogens with one attached hydrogen (secondary N) is 1. The van der Waals surface area contributed by atoms with Crippen molar-refractivity contribution in [2.24, 2.45) is 5.92 Å². The lowest BCUT2D eigenvalue weighted by molar-refractivity contribution is -0.133. The summed E-state index contributed by atoms with van der Waals surface area (Å²) in [7, 11) is 0. The number of rotatable bonds is 5. The number of aryl methyl sites for hydroxylation is 1. The molecule has 1 aliphatic heterocycles. The Balaban J connectivity index is 1.67. The maximum absolute atomic E-state index is 13.5. The number of thiophene rings is 1. The Morgan fingerprint density at radius 1 is 1.24 bits per heavy atom. The number of aromatic nitrogens is 1. The molecule has 29 heavy (non-hydrogen) atoms. The predicted molar refractivity (Wildman–Crippen MR) is 118 cm³/mol. The van der Waals surface area contributed by atoms with E-state index in [0.29, 0.717) is 13.1 Å². The van der Waals surface area contributed by atoms with Crippen LogP contribution < -0.4 is 5.32 Å². The molecule has 1 N–H and O–H groups in total. The van der Waals surface area contributed by atoms with Gasteiger partial charge in [-0.05, 0) is 63.5 Å². The lowest BCUT2D eigenvalue weighted by Gasteiger charge is -2.45. The molecular formula is C23H33N3O2S. The fourth-order valence-corrected chi connectivity index (χ4v) is 5.92. The van der Waals surface area contributed by atoms with Crippen molar-refractivity contribution in [1.29, 1.82) is 0 Å². The van der Waals surface area contributed by atoms with E-state index in [-0.39, 0.29) is 17.9 Å². The van der Waals surface area contributed by atoms with Gasteiger partial charge in [0, 0.05) is 17.5 Å². The van der Waals surface area contributed by atoms with Crippen molar-refractivity contribution < 1.29 is 9.59 Å². The summed E-state index contributed by atoms with van der Waals surface area (Å²) >= 11 is 1.75. The van der Waals surface area contributed by atoms with Gasteiger partial charge in [-0.1, -0.05) is 20.8 Å². The first kappa shape index (κ1) is 20.5. The Morgan fingerprint density at radius 2 is 1.97 bits per heavy atom. The molecule has 5 nitrogen and oxygen atoms in total. The van der Waals surface area contributed by atoms with Crippen molar-refractivity contribution in [1.82, 2.24) is 14.8 Å². The molecule has 0 spiro atoms. The topological polar surface area (TPSA) is 54.3 Å². The lowest BCUT2D eigenvalue weighted by atomic mass is 9.86. The first-order valence-electron chi connectivity index (χ1n) is 11.1. The van der Waals surface area contributed by atoms with Crippen molar-refractivity contribution >= 4 is 33.4 Å². The van der Waals surface area contributed by atoms with E-state index in [9.17, 15) is 9.59 Å². The maximum Gasteiger partial charge on any atom is 0.271 e. The summed E-state index contributed by atoms with van der Waals surface area (Å²) in [6, 6.07) is 4.44.